The van der Waals surface area contributed by atoms with Gasteiger partial charge in [0.1, 0.15) is 13.2 Å². The van der Waals surface area contributed by atoms with E-state index in [0.717, 1.165) is 103 Å². The van der Waals surface area contributed by atoms with Gasteiger partial charge in [-0.25, -0.2) is 0 Å². The zero-order valence-electron chi connectivity index (χ0n) is 39.8. The predicted octanol–water partition coefficient (Wildman–Crippen LogP) is 16.1. The van der Waals surface area contributed by atoms with Crippen molar-refractivity contribution in [1.82, 2.24) is 0 Å². The van der Waals surface area contributed by atoms with Crippen LogP contribution in [0.5, 0.6) is 0 Å². The van der Waals surface area contributed by atoms with E-state index in [1.165, 1.54) is 19.3 Å². The van der Waals surface area contributed by atoms with Crippen molar-refractivity contribution < 1.29 is 28.6 Å². The minimum absolute atomic E-state index is 0.0729. The summed E-state index contributed by atoms with van der Waals surface area (Å²) in [5, 5.41) is 0. The van der Waals surface area contributed by atoms with Gasteiger partial charge in [0.25, 0.3) is 0 Å². The number of carbonyl (C=O) groups excluding carboxylic acids is 3. The van der Waals surface area contributed by atoms with Crippen molar-refractivity contribution in [3.05, 3.63) is 146 Å². The molecule has 63 heavy (non-hydrogen) atoms. The van der Waals surface area contributed by atoms with Gasteiger partial charge in [-0.3, -0.25) is 14.4 Å². The Morgan fingerprint density at radius 2 is 0.651 bits per heavy atom. The molecule has 0 aromatic rings. The SMILES string of the molecule is CC/C=C\C/C=C\C/C=C\C/C=C\C/C=C\CC(=O)OC(COC(=O)CC/C=C\C/C=C\C/C=C\C/C=C\CC)COC(=O)CCCCCCCCC/C=C\C/C=C\C/C=C\CC. The standard InChI is InChI=1S/C57H86O6/c1-4-7-10-13-16-19-22-25-27-28-30-32-35-38-41-44-47-50-56(59)62-53-54(52-61-55(58)49-46-43-40-37-34-31-24-21-18-15-12-9-6-3)63-57(60)51-48-45-42-39-36-33-29-26-23-20-17-14-11-8-5-2/h7-12,16-21,25-27,29,31,34,36,39-40,43,45,48,54H,4-6,13-15,22-24,28,30,32-33,35,37-38,41-42,44,46-47,49-53H2,1-3H3/b10-7-,11-8-,12-9-,19-16-,20-17-,21-18-,27-25-,29-26-,34-31-,39-36-,43-40-,48-45-. The molecule has 0 aliphatic carbocycles. The fourth-order valence-electron chi connectivity index (χ4n) is 5.84. The Balaban J connectivity index is 4.63. The molecule has 6 heteroatoms. The fraction of sp³-hybridized carbons (Fsp3) is 0.526. The van der Waals surface area contributed by atoms with Crippen molar-refractivity contribution in [2.75, 3.05) is 13.2 Å². The number of carbonyl (C=O) groups is 3. The van der Waals surface area contributed by atoms with E-state index in [4.69, 9.17) is 14.2 Å². The van der Waals surface area contributed by atoms with Crippen LogP contribution in [0, 0.1) is 0 Å². The average molecular weight is 867 g/mol. The number of allylic oxidation sites excluding steroid dienone is 23. The van der Waals surface area contributed by atoms with Gasteiger partial charge in [-0.05, 0) is 103 Å². The van der Waals surface area contributed by atoms with Crippen LogP contribution in [-0.2, 0) is 28.6 Å². The van der Waals surface area contributed by atoms with Crippen molar-refractivity contribution in [2.45, 2.75) is 181 Å². The Morgan fingerprint density at radius 3 is 1.06 bits per heavy atom. The molecule has 0 heterocycles. The van der Waals surface area contributed by atoms with Crippen LogP contribution in [0.4, 0.5) is 0 Å². The van der Waals surface area contributed by atoms with Crippen molar-refractivity contribution in [3.8, 4) is 0 Å². The second-order valence-electron chi connectivity index (χ2n) is 15.2. The highest BCUT2D eigenvalue weighted by molar-refractivity contribution is 5.72. The topological polar surface area (TPSA) is 78.9 Å². The molecule has 0 aromatic carbocycles. The Labute approximate surface area is 385 Å². The number of rotatable bonds is 41. The van der Waals surface area contributed by atoms with E-state index < -0.39 is 18.0 Å². The van der Waals surface area contributed by atoms with E-state index in [-0.39, 0.29) is 32.0 Å². The molecule has 0 rings (SSSR count). The molecule has 0 saturated carbocycles. The molecular weight excluding hydrogens is 781 g/mol. The summed E-state index contributed by atoms with van der Waals surface area (Å²) in [5.74, 6) is -1.19. The molecule has 350 valence electrons. The van der Waals surface area contributed by atoms with Gasteiger partial charge in [-0.15, -0.1) is 0 Å². The Hall–Kier alpha value is -4.71. The van der Waals surface area contributed by atoms with Gasteiger partial charge in [-0.2, -0.15) is 0 Å². The molecule has 0 saturated heterocycles. The van der Waals surface area contributed by atoms with Gasteiger partial charge in [0.2, 0.25) is 0 Å². The van der Waals surface area contributed by atoms with Crippen LogP contribution in [0.25, 0.3) is 0 Å². The number of hydrogen-bond donors (Lipinski definition) is 0. The summed E-state index contributed by atoms with van der Waals surface area (Å²) in [6.07, 6.45) is 71.5. The summed E-state index contributed by atoms with van der Waals surface area (Å²) >= 11 is 0. The van der Waals surface area contributed by atoms with Crippen molar-refractivity contribution >= 4 is 17.9 Å². The third-order valence-electron chi connectivity index (χ3n) is 9.37. The average Bonchev–Trinajstić information content (AvgIpc) is 3.28. The Bertz CT molecular complexity index is 1460. The Kier molecular flexibility index (Phi) is 46.2. The molecule has 1 atom stereocenters. The first-order valence-electron chi connectivity index (χ1n) is 24.3. The lowest BCUT2D eigenvalue weighted by Gasteiger charge is -2.18. The summed E-state index contributed by atoms with van der Waals surface area (Å²) in [5.41, 5.74) is 0. The molecule has 0 radical (unpaired) electrons. The molecular formula is C57H86O6. The third kappa shape index (κ3) is 48.2. The molecule has 0 aromatic heterocycles. The molecule has 0 fully saturated rings. The van der Waals surface area contributed by atoms with Gasteiger partial charge in [0.15, 0.2) is 6.10 Å². The van der Waals surface area contributed by atoms with Gasteiger partial charge in [-0.1, -0.05) is 199 Å². The van der Waals surface area contributed by atoms with Crippen LogP contribution < -0.4 is 0 Å². The van der Waals surface area contributed by atoms with E-state index in [1.54, 1.807) is 6.08 Å². The summed E-state index contributed by atoms with van der Waals surface area (Å²) in [6, 6.07) is 0. The normalized spacial score (nSPS) is 13.4. The zero-order chi connectivity index (χ0) is 45.8. The van der Waals surface area contributed by atoms with E-state index >= 15 is 0 Å². The van der Waals surface area contributed by atoms with Crippen LogP contribution in [0.2, 0.25) is 0 Å². The third-order valence-corrected chi connectivity index (χ3v) is 9.37. The van der Waals surface area contributed by atoms with Gasteiger partial charge in [0, 0.05) is 12.8 Å². The van der Waals surface area contributed by atoms with Crippen molar-refractivity contribution in [1.29, 1.82) is 0 Å². The maximum Gasteiger partial charge on any atom is 0.310 e. The van der Waals surface area contributed by atoms with Crippen LogP contribution in [0.1, 0.15) is 175 Å². The fourth-order valence-corrected chi connectivity index (χ4v) is 5.84. The lowest BCUT2D eigenvalue weighted by atomic mass is 10.1. The largest absolute Gasteiger partial charge is 0.462 e. The summed E-state index contributed by atoms with van der Waals surface area (Å²) in [4.78, 5) is 37.8. The lowest BCUT2D eigenvalue weighted by Crippen LogP contribution is -2.30. The lowest BCUT2D eigenvalue weighted by molar-refractivity contribution is -0.166. The molecule has 0 spiro atoms. The summed E-state index contributed by atoms with van der Waals surface area (Å²) in [6.45, 7) is 6.10. The number of hydrogen-bond acceptors (Lipinski definition) is 6. The van der Waals surface area contributed by atoms with E-state index in [9.17, 15) is 14.4 Å². The highest BCUT2D eigenvalue weighted by Crippen LogP contribution is 2.11. The van der Waals surface area contributed by atoms with Crippen LogP contribution in [0.3, 0.4) is 0 Å². The van der Waals surface area contributed by atoms with E-state index in [2.05, 4.69) is 142 Å². The highest BCUT2D eigenvalue weighted by atomic mass is 16.6. The quantitative estimate of drug-likeness (QED) is 0.0264. The molecule has 6 nitrogen and oxygen atoms in total. The first-order chi connectivity index (χ1) is 31.0. The van der Waals surface area contributed by atoms with E-state index in [1.807, 2.05) is 18.2 Å². The maximum atomic E-state index is 12.7. The highest BCUT2D eigenvalue weighted by Gasteiger charge is 2.19. The first kappa shape index (κ1) is 58.3. The monoisotopic (exact) mass is 867 g/mol. The minimum Gasteiger partial charge on any atom is -0.462 e. The number of unbranched alkanes of at least 4 members (excludes halogenated alkanes) is 7. The molecule has 0 aliphatic heterocycles. The molecule has 1 unspecified atom stereocenters. The van der Waals surface area contributed by atoms with Gasteiger partial charge < -0.3 is 14.2 Å². The minimum atomic E-state index is -0.871. The second-order valence-corrected chi connectivity index (χ2v) is 15.2. The zero-order valence-corrected chi connectivity index (χ0v) is 39.8. The van der Waals surface area contributed by atoms with Gasteiger partial charge in [0.05, 0.1) is 6.42 Å². The summed E-state index contributed by atoms with van der Waals surface area (Å²) in [7, 11) is 0. The predicted molar refractivity (Wildman–Crippen MR) is 269 cm³/mol. The smallest absolute Gasteiger partial charge is 0.310 e. The second kappa shape index (κ2) is 49.9. The first-order valence-corrected chi connectivity index (χ1v) is 24.3. The molecule has 0 amide bonds. The molecule has 0 bridgehead atoms. The molecule has 0 N–H and O–H groups in total. The van der Waals surface area contributed by atoms with Crippen LogP contribution in [-0.4, -0.2) is 37.2 Å². The van der Waals surface area contributed by atoms with Crippen LogP contribution >= 0.6 is 0 Å². The van der Waals surface area contributed by atoms with Gasteiger partial charge >= 0.3 is 17.9 Å². The summed E-state index contributed by atoms with van der Waals surface area (Å²) < 4.78 is 16.6. The number of ether oxygens (including phenoxy) is 3. The Morgan fingerprint density at radius 1 is 0.333 bits per heavy atom. The van der Waals surface area contributed by atoms with Crippen molar-refractivity contribution in [2.24, 2.45) is 0 Å². The maximum absolute atomic E-state index is 12.7. The van der Waals surface area contributed by atoms with Crippen molar-refractivity contribution in [3.63, 3.8) is 0 Å². The molecule has 0 aliphatic rings. The van der Waals surface area contributed by atoms with Crippen LogP contribution in [0.15, 0.2) is 146 Å². The van der Waals surface area contributed by atoms with E-state index in [0.29, 0.717) is 19.3 Å². The number of esters is 3.